The van der Waals surface area contributed by atoms with Crippen LogP contribution in [0.4, 0.5) is 8.78 Å². The van der Waals surface area contributed by atoms with Gasteiger partial charge in [-0.1, -0.05) is 15.3 Å². The smallest absolute Gasteiger partial charge is 0.337 e. The van der Waals surface area contributed by atoms with Crippen LogP contribution in [0.25, 0.3) is 10.9 Å². The monoisotopic (exact) mass is 269 g/mol. The number of hydrogen-bond acceptors (Lipinski definition) is 3. The van der Waals surface area contributed by atoms with E-state index in [1.807, 2.05) is 0 Å². The van der Waals surface area contributed by atoms with Crippen molar-refractivity contribution in [3.63, 3.8) is 0 Å². The average Bonchev–Trinajstić information content (AvgIpc) is 2.35. The Morgan fingerprint density at radius 3 is 2.67 bits per heavy atom. The first kappa shape index (κ1) is 12.8. The van der Waals surface area contributed by atoms with Gasteiger partial charge >= 0.3 is 5.97 Å². The maximum absolute atomic E-state index is 13.1. The summed E-state index contributed by atoms with van der Waals surface area (Å²) in [4.78, 5) is 15.2. The fourth-order valence-corrected chi connectivity index (χ4v) is 1.72. The highest BCUT2D eigenvalue weighted by Crippen LogP contribution is 2.34. The molecule has 0 N–H and O–H groups in total. The van der Waals surface area contributed by atoms with Gasteiger partial charge in [0, 0.05) is 5.39 Å². The fraction of sp³-hybridized carbons (Fsp3) is 0.167. The highest BCUT2D eigenvalue weighted by molar-refractivity contribution is 7.17. The van der Waals surface area contributed by atoms with Crippen LogP contribution < -0.4 is 0 Å². The quantitative estimate of drug-likeness (QED) is 0.621. The molecular formula is C12H10F2NO2P. The van der Waals surface area contributed by atoms with E-state index in [0.29, 0.717) is 16.5 Å². The molecule has 1 heterocycles. The van der Waals surface area contributed by atoms with E-state index in [1.165, 1.54) is 40.6 Å². The standard InChI is InChI=1S/C12H10F2NO2P/c1-17-11(16)8-2-4-9-7(6-8)3-5-10(15-9)12(13,14)18/h2-6H,18H2,1H3. The Balaban J connectivity index is 2.52. The van der Waals surface area contributed by atoms with Gasteiger partial charge in [0.05, 0.1) is 18.2 Å². The number of carbonyl (C=O) groups is 1. The van der Waals surface area contributed by atoms with Crippen LogP contribution in [0, 0.1) is 0 Å². The van der Waals surface area contributed by atoms with Crippen molar-refractivity contribution in [2.75, 3.05) is 7.11 Å². The molecule has 0 bridgehead atoms. The number of ether oxygens (including phenoxy) is 1. The number of carbonyl (C=O) groups excluding carboxylic acids is 1. The normalized spacial score (nSPS) is 11.6. The predicted octanol–water partition coefficient (Wildman–Crippen LogP) is 2.95. The Bertz CT molecular complexity index is 611. The van der Waals surface area contributed by atoms with Crippen LogP contribution >= 0.6 is 9.24 Å². The molecule has 0 radical (unpaired) electrons. The largest absolute Gasteiger partial charge is 0.465 e. The number of esters is 1. The molecule has 18 heavy (non-hydrogen) atoms. The molecule has 0 aliphatic heterocycles. The summed E-state index contributed by atoms with van der Waals surface area (Å²) < 4.78 is 30.7. The molecule has 1 aromatic heterocycles. The van der Waals surface area contributed by atoms with E-state index in [-0.39, 0.29) is 5.69 Å². The van der Waals surface area contributed by atoms with Crippen molar-refractivity contribution in [3.05, 3.63) is 41.6 Å². The van der Waals surface area contributed by atoms with Crippen molar-refractivity contribution < 1.29 is 18.3 Å². The Morgan fingerprint density at radius 2 is 2.06 bits per heavy atom. The lowest BCUT2D eigenvalue weighted by molar-refractivity contribution is 0.0601. The molecule has 3 nitrogen and oxygen atoms in total. The average molecular weight is 269 g/mol. The summed E-state index contributed by atoms with van der Waals surface area (Å²) in [6.45, 7) is 0. The number of alkyl halides is 2. The molecule has 0 saturated heterocycles. The van der Waals surface area contributed by atoms with Crippen LogP contribution in [0.5, 0.6) is 0 Å². The number of pyridine rings is 1. The number of rotatable bonds is 2. The Morgan fingerprint density at radius 1 is 1.33 bits per heavy atom. The van der Waals surface area contributed by atoms with Gasteiger partial charge in [-0.05, 0) is 24.3 Å². The number of halogens is 2. The summed E-state index contributed by atoms with van der Waals surface area (Å²) in [7, 11) is 2.72. The molecule has 0 saturated carbocycles. The zero-order valence-electron chi connectivity index (χ0n) is 9.48. The van der Waals surface area contributed by atoms with E-state index in [1.54, 1.807) is 6.07 Å². The third kappa shape index (κ3) is 2.46. The molecule has 2 rings (SSSR count). The molecular weight excluding hydrogens is 259 g/mol. The van der Waals surface area contributed by atoms with Gasteiger partial charge < -0.3 is 4.74 Å². The molecule has 0 amide bonds. The minimum atomic E-state index is -3.06. The maximum Gasteiger partial charge on any atom is 0.337 e. The van der Waals surface area contributed by atoms with Gasteiger partial charge in [-0.15, -0.1) is 0 Å². The van der Waals surface area contributed by atoms with E-state index in [2.05, 4.69) is 9.72 Å². The fourth-order valence-electron chi connectivity index (χ4n) is 1.56. The lowest BCUT2D eigenvalue weighted by Crippen LogP contribution is -2.06. The van der Waals surface area contributed by atoms with Crippen LogP contribution in [-0.2, 0) is 10.4 Å². The summed E-state index contributed by atoms with van der Waals surface area (Å²) >= 11 is 0. The van der Waals surface area contributed by atoms with E-state index in [4.69, 9.17) is 0 Å². The molecule has 0 aliphatic carbocycles. The van der Waals surface area contributed by atoms with E-state index in [0.717, 1.165) is 0 Å². The van der Waals surface area contributed by atoms with Crippen LogP contribution in [-0.4, -0.2) is 18.1 Å². The molecule has 1 atom stereocenters. The Kier molecular flexibility index (Phi) is 3.26. The van der Waals surface area contributed by atoms with Crippen molar-refractivity contribution in [2.45, 2.75) is 5.66 Å². The van der Waals surface area contributed by atoms with Gasteiger partial charge in [-0.25, -0.2) is 9.78 Å². The molecule has 1 aromatic carbocycles. The maximum atomic E-state index is 13.1. The van der Waals surface area contributed by atoms with Crippen molar-refractivity contribution in [1.29, 1.82) is 0 Å². The number of fused-ring (bicyclic) bond motifs is 1. The zero-order chi connectivity index (χ0) is 13.3. The summed E-state index contributed by atoms with van der Waals surface area (Å²) in [6.07, 6.45) is 0. The third-order valence-corrected chi connectivity index (χ3v) is 2.75. The van der Waals surface area contributed by atoms with Crippen LogP contribution in [0.1, 0.15) is 16.1 Å². The van der Waals surface area contributed by atoms with Crippen molar-refractivity contribution in [3.8, 4) is 0 Å². The Hall–Kier alpha value is -1.61. The number of aromatic nitrogens is 1. The summed E-state index contributed by atoms with van der Waals surface area (Å²) in [6, 6.07) is 7.30. The molecule has 94 valence electrons. The molecule has 2 aromatic rings. The number of nitrogens with zero attached hydrogens (tertiary/aromatic N) is 1. The molecule has 0 spiro atoms. The topological polar surface area (TPSA) is 39.2 Å². The van der Waals surface area contributed by atoms with E-state index < -0.39 is 11.6 Å². The van der Waals surface area contributed by atoms with Crippen LogP contribution in [0.2, 0.25) is 0 Å². The summed E-state index contributed by atoms with van der Waals surface area (Å²) in [5, 5.41) is 0.607. The van der Waals surface area contributed by atoms with Gasteiger partial charge in [-0.3, -0.25) is 0 Å². The van der Waals surface area contributed by atoms with Gasteiger partial charge in [0.2, 0.25) is 0 Å². The molecule has 1 unspecified atom stereocenters. The van der Waals surface area contributed by atoms with Gasteiger partial charge in [0.1, 0.15) is 5.69 Å². The van der Waals surface area contributed by atoms with Gasteiger partial charge in [0.25, 0.3) is 5.66 Å². The third-order valence-electron chi connectivity index (χ3n) is 2.45. The minimum Gasteiger partial charge on any atom is -0.465 e. The first-order valence-corrected chi connectivity index (χ1v) is 5.66. The number of benzene rings is 1. The molecule has 6 heteroatoms. The highest BCUT2D eigenvalue weighted by atomic mass is 31.0. The van der Waals surface area contributed by atoms with Crippen LogP contribution in [0.3, 0.4) is 0 Å². The van der Waals surface area contributed by atoms with Gasteiger partial charge in [0.15, 0.2) is 0 Å². The SMILES string of the molecule is COC(=O)c1ccc2nc(C(F)(F)P)ccc2c1. The van der Waals surface area contributed by atoms with Crippen molar-refractivity contribution in [2.24, 2.45) is 0 Å². The second-order valence-corrected chi connectivity index (χ2v) is 4.44. The second kappa shape index (κ2) is 4.58. The lowest BCUT2D eigenvalue weighted by atomic mass is 10.1. The molecule has 0 aliphatic rings. The lowest BCUT2D eigenvalue weighted by Gasteiger charge is -2.10. The first-order valence-electron chi connectivity index (χ1n) is 5.08. The second-order valence-electron chi connectivity index (χ2n) is 3.72. The number of methoxy groups -OCH3 is 1. The van der Waals surface area contributed by atoms with Crippen molar-refractivity contribution in [1.82, 2.24) is 4.98 Å². The summed E-state index contributed by atoms with van der Waals surface area (Å²) in [5.74, 6) is -0.475. The first-order chi connectivity index (χ1) is 8.41. The van der Waals surface area contributed by atoms with Gasteiger partial charge in [-0.2, -0.15) is 8.78 Å². The molecule has 0 fully saturated rings. The highest BCUT2D eigenvalue weighted by Gasteiger charge is 2.26. The summed E-state index contributed by atoms with van der Waals surface area (Å²) in [5.41, 5.74) is -2.62. The van der Waals surface area contributed by atoms with Crippen molar-refractivity contribution >= 4 is 26.1 Å². The van der Waals surface area contributed by atoms with E-state index in [9.17, 15) is 13.6 Å². The number of hydrogen-bond donors (Lipinski definition) is 0. The Labute approximate surface area is 104 Å². The van der Waals surface area contributed by atoms with Crippen LogP contribution in [0.15, 0.2) is 30.3 Å². The zero-order valence-corrected chi connectivity index (χ0v) is 10.6. The predicted molar refractivity (Wildman–Crippen MR) is 66.7 cm³/mol. The van der Waals surface area contributed by atoms with E-state index >= 15 is 0 Å². The minimum absolute atomic E-state index is 0.328.